The molecule has 152 valence electrons. The van der Waals surface area contributed by atoms with Gasteiger partial charge in [-0.15, -0.1) is 0 Å². The minimum atomic E-state index is -0.479. The van der Waals surface area contributed by atoms with Crippen LogP contribution in [0.2, 0.25) is 0 Å². The number of hydrogen-bond acceptors (Lipinski definition) is 4. The number of carbonyl (C=O) groups is 2. The van der Waals surface area contributed by atoms with Crippen molar-refractivity contribution in [2.24, 2.45) is 5.92 Å². The van der Waals surface area contributed by atoms with Crippen molar-refractivity contribution in [1.29, 1.82) is 0 Å². The zero-order chi connectivity index (χ0) is 20.4. The third-order valence-electron chi connectivity index (χ3n) is 5.19. The van der Waals surface area contributed by atoms with Crippen molar-refractivity contribution in [1.82, 2.24) is 19.8 Å². The van der Waals surface area contributed by atoms with Crippen molar-refractivity contribution >= 4 is 33.4 Å². The highest BCUT2D eigenvalue weighted by molar-refractivity contribution is 7.20. The second-order valence-electron chi connectivity index (χ2n) is 7.96. The van der Waals surface area contributed by atoms with Gasteiger partial charge in [0, 0.05) is 31.0 Å². The molecule has 1 N–H and O–H groups in total. The Morgan fingerprint density at radius 1 is 1.17 bits per heavy atom. The van der Waals surface area contributed by atoms with Gasteiger partial charge in [-0.25, -0.2) is 4.98 Å². The molecule has 1 aliphatic heterocycles. The average molecular weight is 411 g/mol. The van der Waals surface area contributed by atoms with Crippen molar-refractivity contribution < 1.29 is 9.59 Å². The summed E-state index contributed by atoms with van der Waals surface area (Å²) >= 11 is 1.54. The Hall–Kier alpha value is -2.67. The number of rotatable bonds is 6. The van der Waals surface area contributed by atoms with Crippen LogP contribution in [0.25, 0.3) is 15.3 Å². The predicted octanol–water partition coefficient (Wildman–Crippen LogP) is 3.85. The molecule has 4 rings (SSSR count). The minimum absolute atomic E-state index is 0.0401. The predicted molar refractivity (Wildman–Crippen MR) is 115 cm³/mol. The number of carbonyl (C=O) groups excluding carboxylic acids is 2. The fraction of sp³-hybridized carbons (Fsp3) is 0.409. The summed E-state index contributed by atoms with van der Waals surface area (Å²) in [5.74, 6) is 0.152. The minimum Gasteiger partial charge on any atom is -0.341 e. The largest absolute Gasteiger partial charge is 0.341 e. The molecule has 1 aliphatic rings. The number of thiazole rings is 1. The van der Waals surface area contributed by atoms with E-state index in [4.69, 9.17) is 0 Å². The number of amides is 2. The maximum Gasteiger partial charge on any atom is 0.251 e. The molecule has 2 amide bonds. The lowest BCUT2D eigenvalue weighted by Gasteiger charge is -2.25. The Labute approximate surface area is 174 Å². The monoisotopic (exact) mass is 410 g/mol. The maximum atomic E-state index is 12.9. The van der Waals surface area contributed by atoms with E-state index in [9.17, 15) is 9.59 Å². The van der Waals surface area contributed by atoms with Crippen molar-refractivity contribution in [2.75, 3.05) is 13.1 Å². The average Bonchev–Trinajstić information content (AvgIpc) is 3.46. The molecule has 2 aromatic heterocycles. The summed E-state index contributed by atoms with van der Waals surface area (Å²) in [6.45, 7) is 5.72. The molecule has 29 heavy (non-hydrogen) atoms. The summed E-state index contributed by atoms with van der Waals surface area (Å²) in [5, 5.41) is 3.85. The fourth-order valence-electron chi connectivity index (χ4n) is 3.72. The van der Waals surface area contributed by atoms with Crippen molar-refractivity contribution in [3.05, 3.63) is 48.3 Å². The summed E-state index contributed by atoms with van der Waals surface area (Å²) in [4.78, 5) is 32.3. The smallest absolute Gasteiger partial charge is 0.251 e. The van der Waals surface area contributed by atoms with Gasteiger partial charge >= 0.3 is 0 Å². The lowest BCUT2D eigenvalue weighted by Crippen LogP contribution is -2.48. The third-order valence-corrected chi connectivity index (χ3v) is 6.22. The molecule has 0 unspecified atom stereocenters. The van der Waals surface area contributed by atoms with E-state index in [-0.39, 0.29) is 11.8 Å². The fourth-order valence-corrected chi connectivity index (χ4v) is 4.69. The van der Waals surface area contributed by atoms with E-state index in [0.717, 1.165) is 41.3 Å². The number of hydrogen-bond donors (Lipinski definition) is 1. The van der Waals surface area contributed by atoms with Crippen LogP contribution >= 0.6 is 11.3 Å². The van der Waals surface area contributed by atoms with Gasteiger partial charge < -0.3 is 14.8 Å². The van der Waals surface area contributed by atoms with E-state index in [1.807, 2.05) is 46.1 Å². The molecular formula is C22H26N4O2S. The number of nitrogens with zero attached hydrogens (tertiary/aromatic N) is 3. The Morgan fingerprint density at radius 3 is 2.59 bits per heavy atom. The molecule has 1 aromatic carbocycles. The van der Waals surface area contributed by atoms with Gasteiger partial charge in [-0.3, -0.25) is 9.59 Å². The van der Waals surface area contributed by atoms with Crippen LogP contribution in [0.3, 0.4) is 0 Å². The molecule has 0 aliphatic carbocycles. The zero-order valence-corrected chi connectivity index (χ0v) is 17.6. The Kier molecular flexibility index (Phi) is 5.67. The number of benzene rings is 1. The Morgan fingerprint density at radius 2 is 1.90 bits per heavy atom. The standard InChI is InChI=1S/C22H26N4O2S/c1-15(2)13-18(21(28)25-9-3-4-10-25)23-20(27)16-7-8-17-19(14-16)29-22(24-17)26-11-5-6-12-26/h5-8,11-12,14-15,18H,3-4,9-10,13H2,1-2H3,(H,23,27)/t18-/m1/s1. The second kappa shape index (κ2) is 8.37. The Bertz CT molecular complexity index is 1000. The van der Waals surface area contributed by atoms with Crippen LogP contribution in [-0.2, 0) is 4.79 Å². The van der Waals surface area contributed by atoms with Crippen molar-refractivity contribution in [3.8, 4) is 5.13 Å². The second-order valence-corrected chi connectivity index (χ2v) is 8.97. The zero-order valence-electron chi connectivity index (χ0n) is 16.8. The quantitative estimate of drug-likeness (QED) is 0.671. The van der Waals surface area contributed by atoms with E-state index in [1.165, 1.54) is 11.3 Å². The topological polar surface area (TPSA) is 67.2 Å². The van der Waals surface area contributed by atoms with Gasteiger partial charge in [0.1, 0.15) is 6.04 Å². The van der Waals surface area contributed by atoms with Gasteiger partial charge in [0.05, 0.1) is 10.2 Å². The van der Waals surface area contributed by atoms with Gasteiger partial charge in [0.25, 0.3) is 5.91 Å². The highest BCUT2D eigenvalue weighted by atomic mass is 32.1. The SMILES string of the molecule is CC(C)C[C@@H](NC(=O)c1ccc2nc(-n3cccc3)sc2c1)C(=O)N1CCCC1. The van der Waals surface area contributed by atoms with E-state index >= 15 is 0 Å². The molecule has 1 atom stereocenters. The first-order valence-electron chi connectivity index (χ1n) is 10.1. The molecular weight excluding hydrogens is 384 g/mol. The first kappa shape index (κ1) is 19.6. The van der Waals surface area contributed by atoms with Crippen LogP contribution in [0.5, 0.6) is 0 Å². The van der Waals surface area contributed by atoms with Crippen LogP contribution in [0, 0.1) is 5.92 Å². The number of fused-ring (bicyclic) bond motifs is 1. The number of likely N-dealkylation sites (tertiary alicyclic amines) is 1. The molecule has 0 spiro atoms. The molecule has 3 aromatic rings. The van der Waals surface area contributed by atoms with E-state index < -0.39 is 6.04 Å². The molecule has 6 nitrogen and oxygen atoms in total. The van der Waals surface area contributed by atoms with Crippen LogP contribution in [0.15, 0.2) is 42.7 Å². The first-order chi connectivity index (χ1) is 14.0. The first-order valence-corrected chi connectivity index (χ1v) is 11.0. The molecule has 1 saturated heterocycles. The van der Waals surface area contributed by atoms with Crippen molar-refractivity contribution in [3.63, 3.8) is 0 Å². The molecule has 7 heteroatoms. The van der Waals surface area contributed by atoms with Gasteiger partial charge in [-0.05, 0) is 55.5 Å². The molecule has 0 bridgehead atoms. The van der Waals surface area contributed by atoms with E-state index in [0.29, 0.717) is 17.9 Å². The van der Waals surface area contributed by atoms with Gasteiger partial charge in [0.2, 0.25) is 5.91 Å². The number of nitrogens with one attached hydrogen (secondary N) is 1. The molecule has 0 saturated carbocycles. The Balaban J connectivity index is 1.53. The lowest BCUT2D eigenvalue weighted by molar-refractivity contribution is -0.132. The summed E-state index contributed by atoms with van der Waals surface area (Å²) < 4.78 is 2.91. The molecule has 1 fully saturated rings. The van der Waals surface area contributed by atoms with Crippen molar-refractivity contribution in [2.45, 2.75) is 39.2 Å². The van der Waals surface area contributed by atoms with Crippen LogP contribution in [-0.4, -0.2) is 45.4 Å². The highest BCUT2D eigenvalue weighted by Gasteiger charge is 2.28. The molecule has 3 heterocycles. The van der Waals surface area contributed by atoms with Crippen LogP contribution < -0.4 is 5.32 Å². The molecule has 0 radical (unpaired) electrons. The summed E-state index contributed by atoms with van der Waals surface area (Å²) in [7, 11) is 0. The van der Waals surface area contributed by atoms with Gasteiger partial charge in [-0.2, -0.15) is 0 Å². The summed E-state index contributed by atoms with van der Waals surface area (Å²) in [6, 6.07) is 8.95. The maximum absolute atomic E-state index is 12.9. The normalized spacial score (nSPS) is 15.2. The van der Waals surface area contributed by atoms with E-state index in [1.54, 1.807) is 6.07 Å². The van der Waals surface area contributed by atoms with Crippen LogP contribution in [0.4, 0.5) is 0 Å². The third kappa shape index (κ3) is 4.34. The highest BCUT2D eigenvalue weighted by Crippen LogP contribution is 2.26. The van der Waals surface area contributed by atoms with Gasteiger partial charge in [-0.1, -0.05) is 25.2 Å². The summed E-state index contributed by atoms with van der Waals surface area (Å²) in [5.41, 5.74) is 1.42. The lowest BCUT2D eigenvalue weighted by atomic mass is 10.0. The summed E-state index contributed by atoms with van der Waals surface area (Å²) in [6.07, 6.45) is 6.62. The van der Waals surface area contributed by atoms with Gasteiger partial charge in [0.15, 0.2) is 5.13 Å². The number of aromatic nitrogens is 2. The van der Waals surface area contributed by atoms with Crippen LogP contribution in [0.1, 0.15) is 43.5 Å². The van der Waals surface area contributed by atoms with E-state index in [2.05, 4.69) is 24.1 Å².